The molecule has 0 saturated carbocycles. The minimum atomic E-state index is -0.442. The Bertz CT molecular complexity index is 714. The van der Waals surface area contributed by atoms with Crippen molar-refractivity contribution in [3.05, 3.63) is 45.5 Å². The van der Waals surface area contributed by atoms with Crippen LogP contribution >= 0.6 is 23.7 Å². The first kappa shape index (κ1) is 18.3. The second kappa shape index (κ2) is 8.18. The molecule has 7 nitrogen and oxygen atoms in total. The topological polar surface area (TPSA) is 97.2 Å². The SMILES string of the molecule is Cl.O=C(N[C@H]1CCCNC1)c1csc(-c2ccc([N+](=O)[O-])cc2)n1. The van der Waals surface area contributed by atoms with Gasteiger partial charge in [-0.3, -0.25) is 14.9 Å². The van der Waals surface area contributed by atoms with Crippen molar-refractivity contribution < 1.29 is 9.72 Å². The number of hydrogen-bond donors (Lipinski definition) is 2. The van der Waals surface area contributed by atoms with Crippen LogP contribution in [-0.2, 0) is 0 Å². The molecule has 24 heavy (non-hydrogen) atoms. The Morgan fingerprint density at radius 2 is 2.12 bits per heavy atom. The molecule has 1 atom stereocenters. The lowest BCUT2D eigenvalue weighted by atomic mass is 10.1. The average molecular weight is 369 g/mol. The Morgan fingerprint density at radius 1 is 1.38 bits per heavy atom. The molecule has 2 N–H and O–H groups in total. The quantitative estimate of drug-likeness (QED) is 0.638. The Hall–Kier alpha value is -2.03. The molecule has 2 aromatic rings. The smallest absolute Gasteiger partial charge is 0.271 e. The fraction of sp³-hybridized carbons (Fsp3) is 0.333. The number of nitro benzene ring substituents is 1. The van der Waals surface area contributed by atoms with E-state index in [0.717, 1.165) is 31.5 Å². The highest BCUT2D eigenvalue weighted by Gasteiger charge is 2.18. The summed E-state index contributed by atoms with van der Waals surface area (Å²) in [5, 5.41) is 19.3. The Morgan fingerprint density at radius 3 is 2.75 bits per heavy atom. The largest absolute Gasteiger partial charge is 0.347 e. The van der Waals surface area contributed by atoms with Gasteiger partial charge in [0.15, 0.2) is 0 Å². The van der Waals surface area contributed by atoms with E-state index in [1.165, 1.54) is 23.5 Å². The molecule has 128 valence electrons. The van der Waals surface area contributed by atoms with Crippen molar-refractivity contribution in [1.82, 2.24) is 15.6 Å². The lowest BCUT2D eigenvalue weighted by Crippen LogP contribution is -2.45. The third-order valence-electron chi connectivity index (χ3n) is 3.69. The monoisotopic (exact) mass is 368 g/mol. The molecule has 1 aromatic carbocycles. The second-order valence-corrected chi connectivity index (χ2v) is 6.22. The van der Waals surface area contributed by atoms with Crippen LogP contribution in [0.15, 0.2) is 29.6 Å². The molecule has 0 spiro atoms. The molecule has 1 aliphatic heterocycles. The number of hydrogen-bond acceptors (Lipinski definition) is 6. The van der Waals surface area contributed by atoms with Crippen molar-refractivity contribution in [1.29, 1.82) is 0 Å². The number of thiazole rings is 1. The summed E-state index contributed by atoms with van der Waals surface area (Å²) in [6, 6.07) is 6.29. The maximum absolute atomic E-state index is 12.2. The van der Waals surface area contributed by atoms with Crippen LogP contribution in [0, 0.1) is 10.1 Å². The van der Waals surface area contributed by atoms with Gasteiger partial charge in [-0.15, -0.1) is 23.7 Å². The summed E-state index contributed by atoms with van der Waals surface area (Å²) in [4.78, 5) is 26.8. The van der Waals surface area contributed by atoms with Gasteiger partial charge >= 0.3 is 0 Å². The molecule has 3 rings (SSSR count). The van der Waals surface area contributed by atoms with Crippen LogP contribution in [0.2, 0.25) is 0 Å². The highest BCUT2D eigenvalue weighted by Crippen LogP contribution is 2.25. The van der Waals surface area contributed by atoms with E-state index in [1.54, 1.807) is 17.5 Å². The third kappa shape index (κ3) is 4.28. The maximum atomic E-state index is 12.2. The van der Waals surface area contributed by atoms with E-state index < -0.39 is 4.92 Å². The number of amides is 1. The molecule has 9 heteroatoms. The Labute approximate surface area is 149 Å². The number of carbonyl (C=O) groups is 1. The van der Waals surface area contributed by atoms with Crippen molar-refractivity contribution in [2.45, 2.75) is 18.9 Å². The van der Waals surface area contributed by atoms with Gasteiger partial charge in [0.1, 0.15) is 10.7 Å². The molecule has 0 radical (unpaired) electrons. The Kier molecular flexibility index (Phi) is 6.24. The van der Waals surface area contributed by atoms with Gasteiger partial charge < -0.3 is 10.6 Å². The maximum Gasteiger partial charge on any atom is 0.271 e. The lowest BCUT2D eigenvalue weighted by Gasteiger charge is -2.23. The summed E-state index contributed by atoms with van der Waals surface area (Å²) in [5.41, 5.74) is 1.18. The number of aromatic nitrogens is 1. The minimum Gasteiger partial charge on any atom is -0.347 e. The predicted octanol–water partition coefficient (Wildman–Crippen LogP) is 2.62. The van der Waals surface area contributed by atoms with E-state index in [9.17, 15) is 14.9 Å². The zero-order valence-corrected chi connectivity index (χ0v) is 14.4. The fourth-order valence-electron chi connectivity index (χ4n) is 2.47. The highest BCUT2D eigenvalue weighted by atomic mass is 35.5. The Balaban J connectivity index is 0.00000208. The number of benzene rings is 1. The number of nitrogens with one attached hydrogen (secondary N) is 2. The fourth-order valence-corrected chi connectivity index (χ4v) is 3.28. The first-order valence-electron chi connectivity index (χ1n) is 7.35. The van der Waals surface area contributed by atoms with Gasteiger partial charge in [-0.05, 0) is 31.5 Å². The van der Waals surface area contributed by atoms with E-state index >= 15 is 0 Å². The highest BCUT2D eigenvalue weighted by molar-refractivity contribution is 7.13. The van der Waals surface area contributed by atoms with Crippen LogP contribution in [-0.4, -0.2) is 34.9 Å². The third-order valence-corrected chi connectivity index (χ3v) is 4.59. The van der Waals surface area contributed by atoms with E-state index in [-0.39, 0.29) is 30.0 Å². The van der Waals surface area contributed by atoms with Crippen molar-refractivity contribution in [2.75, 3.05) is 13.1 Å². The van der Waals surface area contributed by atoms with Gasteiger partial charge in [0.25, 0.3) is 11.6 Å². The van der Waals surface area contributed by atoms with Crippen LogP contribution in [0.3, 0.4) is 0 Å². The number of nitrogens with zero attached hydrogens (tertiary/aromatic N) is 2. The summed E-state index contributed by atoms with van der Waals surface area (Å²) in [7, 11) is 0. The molecule has 2 heterocycles. The van der Waals surface area contributed by atoms with Crippen LogP contribution in [0.1, 0.15) is 23.3 Å². The van der Waals surface area contributed by atoms with E-state index in [2.05, 4.69) is 15.6 Å². The van der Waals surface area contributed by atoms with Gasteiger partial charge in [-0.2, -0.15) is 0 Å². The summed E-state index contributed by atoms with van der Waals surface area (Å²) in [5.74, 6) is -0.178. The summed E-state index contributed by atoms with van der Waals surface area (Å²) in [6.07, 6.45) is 2.02. The van der Waals surface area contributed by atoms with Crippen molar-refractivity contribution in [3.8, 4) is 10.6 Å². The van der Waals surface area contributed by atoms with Gasteiger partial charge in [0.05, 0.1) is 4.92 Å². The average Bonchev–Trinajstić information content (AvgIpc) is 3.06. The number of halogens is 1. The van der Waals surface area contributed by atoms with Gasteiger partial charge in [-0.25, -0.2) is 4.98 Å². The lowest BCUT2D eigenvalue weighted by molar-refractivity contribution is -0.384. The molecule has 1 saturated heterocycles. The van der Waals surface area contributed by atoms with Crippen LogP contribution < -0.4 is 10.6 Å². The standard InChI is InChI=1S/C15H16N4O3S.ClH/c20-14(17-11-2-1-7-16-8-11)13-9-23-15(18-13)10-3-5-12(6-4-10)19(21)22;/h3-6,9,11,16H,1-2,7-8H2,(H,17,20);1H/t11-;/m0./s1. The summed E-state index contributed by atoms with van der Waals surface area (Å²) >= 11 is 1.35. The molecule has 0 aliphatic carbocycles. The van der Waals surface area contributed by atoms with Crippen molar-refractivity contribution in [2.24, 2.45) is 0 Å². The van der Waals surface area contributed by atoms with Crippen molar-refractivity contribution in [3.63, 3.8) is 0 Å². The normalized spacial score (nSPS) is 16.9. The zero-order chi connectivity index (χ0) is 16.2. The van der Waals surface area contributed by atoms with Gasteiger partial charge in [0.2, 0.25) is 0 Å². The number of nitro groups is 1. The van der Waals surface area contributed by atoms with Gasteiger partial charge in [0, 0.05) is 35.7 Å². The molecule has 1 amide bonds. The molecule has 0 unspecified atom stereocenters. The van der Waals surface area contributed by atoms with Gasteiger partial charge in [-0.1, -0.05) is 0 Å². The zero-order valence-electron chi connectivity index (χ0n) is 12.7. The molecule has 1 fully saturated rings. The van der Waals surface area contributed by atoms with Crippen LogP contribution in [0.25, 0.3) is 10.6 Å². The number of rotatable bonds is 4. The van der Waals surface area contributed by atoms with E-state index in [0.29, 0.717) is 10.7 Å². The predicted molar refractivity (Wildman–Crippen MR) is 94.8 cm³/mol. The van der Waals surface area contributed by atoms with E-state index in [4.69, 9.17) is 0 Å². The molecule has 1 aromatic heterocycles. The molecular formula is C15H17ClN4O3S. The molecule has 0 bridgehead atoms. The minimum absolute atomic E-state index is 0. The molecular weight excluding hydrogens is 352 g/mol. The summed E-state index contributed by atoms with van der Waals surface area (Å²) < 4.78 is 0. The van der Waals surface area contributed by atoms with Crippen molar-refractivity contribution >= 4 is 35.3 Å². The first-order chi connectivity index (χ1) is 11.1. The molecule has 1 aliphatic rings. The summed E-state index contributed by atoms with van der Waals surface area (Å²) in [6.45, 7) is 1.78. The van der Waals surface area contributed by atoms with Crippen LogP contribution in [0.4, 0.5) is 5.69 Å². The first-order valence-corrected chi connectivity index (χ1v) is 8.23. The second-order valence-electron chi connectivity index (χ2n) is 5.36. The number of piperidine rings is 1. The van der Waals surface area contributed by atoms with E-state index in [1.807, 2.05) is 0 Å². The number of carbonyl (C=O) groups excluding carboxylic acids is 1. The van der Waals surface area contributed by atoms with Crippen LogP contribution in [0.5, 0.6) is 0 Å². The number of non-ortho nitro benzene ring substituents is 1.